The lowest BCUT2D eigenvalue weighted by Crippen LogP contribution is -2.22. The molecule has 14 heavy (non-hydrogen) atoms. The minimum Gasteiger partial charge on any atom is -0.463 e. The van der Waals surface area contributed by atoms with E-state index < -0.39 is 9.52 Å². The summed E-state index contributed by atoms with van der Waals surface area (Å²) in [5.41, 5.74) is 0. The Hall–Kier alpha value is -0.653. The van der Waals surface area contributed by atoms with Crippen LogP contribution in [0.5, 0.6) is 0 Å². The molecular formula is C9H18O4Si. The first kappa shape index (κ1) is 13.3. The maximum atomic E-state index is 10.9. The van der Waals surface area contributed by atoms with E-state index in [2.05, 4.69) is 0 Å². The van der Waals surface area contributed by atoms with Gasteiger partial charge in [0, 0.05) is 20.3 Å². The zero-order valence-corrected chi connectivity index (χ0v) is 10.4. The van der Waals surface area contributed by atoms with Crippen molar-refractivity contribution >= 4 is 15.5 Å². The molecule has 0 bridgehead atoms. The van der Waals surface area contributed by atoms with Crippen LogP contribution >= 0.6 is 0 Å². The second-order valence-corrected chi connectivity index (χ2v) is 4.66. The normalized spacial score (nSPS) is 12.0. The zero-order valence-electron chi connectivity index (χ0n) is 8.99. The molecule has 0 aliphatic heterocycles. The first-order valence-electron chi connectivity index (χ1n) is 4.59. The van der Waals surface area contributed by atoms with Crippen molar-refractivity contribution < 1.29 is 19.0 Å². The van der Waals surface area contributed by atoms with Gasteiger partial charge in [0.25, 0.3) is 0 Å². The molecule has 0 aromatic rings. The molecule has 0 aromatic heterocycles. The lowest BCUT2D eigenvalue weighted by molar-refractivity contribution is -0.137. The molecule has 0 rings (SSSR count). The fourth-order valence-corrected chi connectivity index (χ4v) is 2.05. The minimum absolute atomic E-state index is 0.0737. The smallest absolute Gasteiger partial charge is 0.330 e. The van der Waals surface area contributed by atoms with Crippen molar-refractivity contribution in [2.24, 2.45) is 0 Å². The molecule has 0 amide bonds. The fourth-order valence-electron chi connectivity index (χ4n) is 0.939. The van der Waals surface area contributed by atoms with Crippen molar-refractivity contribution in [1.29, 1.82) is 0 Å². The van der Waals surface area contributed by atoms with Gasteiger partial charge in [-0.3, -0.25) is 0 Å². The van der Waals surface area contributed by atoms with Gasteiger partial charge in [0.2, 0.25) is 0 Å². The SMILES string of the molecule is CC=CC(=O)OCC[SiH2]C(OC)OC. The van der Waals surface area contributed by atoms with E-state index in [1.54, 1.807) is 27.2 Å². The summed E-state index contributed by atoms with van der Waals surface area (Å²) in [6.45, 7) is 2.24. The van der Waals surface area contributed by atoms with E-state index in [4.69, 9.17) is 14.2 Å². The van der Waals surface area contributed by atoms with Crippen LogP contribution in [-0.2, 0) is 19.0 Å². The van der Waals surface area contributed by atoms with Gasteiger partial charge in [-0.1, -0.05) is 6.08 Å². The van der Waals surface area contributed by atoms with Crippen molar-refractivity contribution in [1.82, 2.24) is 0 Å². The second-order valence-electron chi connectivity index (χ2n) is 2.71. The number of rotatable bonds is 7. The third-order valence-corrected chi connectivity index (χ3v) is 3.49. The largest absolute Gasteiger partial charge is 0.463 e. The van der Waals surface area contributed by atoms with E-state index in [0.717, 1.165) is 6.04 Å². The Kier molecular flexibility index (Phi) is 8.51. The molecule has 0 radical (unpaired) electrons. The summed E-state index contributed by atoms with van der Waals surface area (Å²) in [6.07, 6.45) is 3.07. The van der Waals surface area contributed by atoms with E-state index in [1.165, 1.54) is 6.08 Å². The maximum absolute atomic E-state index is 10.9. The Bertz CT molecular complexity index is 178. The summed E-state index contributed by atoms with van der Waals surface area (Å²) in [7, 11) is 2.76. The molecule has 0 spiro atoms. The summed E-state index contributed by atoms with van der Waals surface area (Å²) in [4.78, 5) is 10.9. The maximum Gasteiger partial charge on any atom is 0.330 e. The van der Waals surface area contributed by atoms with E-state index in [1.807, 2.05) is 0 Å². The molecule has 0 N–H and O–H groups in total. The molecular weight excluding hydrogens is 200 g/mol. The Morgan fingerprint density at radius 1 is 1.43 bits per heavy atom. The van der Waals surface area contributed by atoms with Crippen LogP contribution in [0.3, 0.4) is 0 Å². The molecule has 0 heterocycles. The lowest BCUT2D eigenvalue weighted by Gasteiger charge is -2.11. The Labute approximate surface area is 87.0 Å². The van der Waals surface area contributed by atoms with Crippen molar-refractivity contribution in [3.63, 3.8) is 0 Å². The molecule has 0 aromatic carbocycles. The van der Waals surface area contributed by atoms with E-state index in [-0.39, 0.29) is 11.9 Å². The molecule has 5 heteroatoms. The highest BCUT2D eigenvalue weighted by Gasteiger charge is 2.05. The first-order valence-corrected chi connectivity index (χ1v) is 6.41. The van der Waals surface area contributed by atoms with Crippen LogP contribution in [0.15, 0.2) is 12.2 Å². The third kappa shape index (κ3) is 6.82. The van der Waals surface area contributed by atoms with Crippen LogP contribution in [0.25, 0.3) is 0 Å². The van der Waals surface area contributed by atoms with Gasteiger partial charge in [-0.25, -0.2) is 4.79 Å². The van der Waals surface area contributed by atoms with E-state index in [0.29, 0.717) is 6.61 Å². The van der Waals surface area contributed by atoms with Crippen LogP contribution in [0.1, 0.15) is 6.92 Å². The van der Waals surface area contributed by atoms with Crippen LogP contribution in [0, 0.1) is 0 Å². The number of ether oxygens (including phenoxy) is 3. The molecule has 0 aliphatic rings. The van der Waals surface area contributed by atoms with Crippen molar-refractivity contribution in [2.75, 3.05) is 20.8 Å². The van der Waals surface area contributed by atoms with Gasteiger partial charge in [0.1, 0.15) is 5.91 Å². The summed E-state index contributed by atoms with van der Waals surface area (Å²) >= 11 is 0. The summed E-state index contributed by atoms with van der Waals surface area (Å²) in [5, 5.41) is 0. The van der Waals surface area contributed by atoms with Gasteiger partial charge in [0.15, 0.2) is 0 Å². The van der Waals surface area contributed by atoms with Crippen molar-refractivity contribution in [3.05, 3.63) is 12.2 Å². The molecule has 0 fully saturated rings. The van der Waals surface area contributed by atoms with Crippen LogP contribution in [0.2, 0.25) is 6.04 Å². The molecule has 82 valence electrons. The molecule has 0 aliphatic carbocycles. The number of hydrogen-bond donors (Lipinski definition) is 0. The molecule has 0 saturated heterocycles. The van der Waals surface area contributed by atoms with Gasteiger partial charge in [-0.05, 0) is 13.0 Å². The zero-order chi connectivity index (χ0) is 10.8. The van der Waals surface area contributed by atoms with Crippen LogP contribution in [0.4, 0.5) is 0 Å². The summed E-state index contributed by atoms with van der Waals surface area (Å²) in [5.74, 6) is -0.358. The second kappa shape index (κ2) is 8.92. The van der Waals surface area contributed by atoms with Gasteiger partial charge >= 0.3 is 5.97 Å². The number of allylic oxidation sites excluding steroid dienone is 1. The van der Waals surface area contributed by atoms with Crippen LogP contribution < -0.4 is 0 Å². The highest BCUT2D eigenvalue weighted by Crippen LogP contribution is 1.93. The predicted octanol–water partition coefficient (Wildman–Crippen LogP) is 0.269. The summed E-state index contributed by atoms with van der Waals surface area (Å²) < 4.78 is 15.0. The van der Waals surface area contributed by atoms with E-state index >= 15 is 0 Å². The average molecular weight is 218 g/mol. The first-order chi connectivity index (χ1) is 6.74. The van der Waals surface area contributed by atoms with Gasteiger partial charge in [-0.15, -0.1) is 0 Å². The van der Waals surface area contributed by atoms with Gasteiger partial charge in [-0.2, -0.15) is 0 Å². The summed E-state index contributed by atoms with van der Waals surface area (Å²) in [6, 6.07) is 0.871. The monoisotopic (exact) mass is 218 g/mol. The Morgan fingerprint density at radius 2 is 2.07 bits per heavy atom. The van der Waals surface area contributed by atoms with Gasteiger partial charge in [0.05, 0.1) is 16.1 Å². The highest BCUT2D eigenvalue weighted by molar-refractivity contribution is 6.36. The number of esters is 1. The van der Waals surface area contributed by atoms with E-state index in [9.17, 15) is 4.79 Å². The number of carbonyl (C=O) groups excluding carboxylic acids is 1. The molecule has 0 unspecified atom stereocenters. The lowest BCUT2D eigenvalue weighted by atomic mass is 10.5. The fraction of sp³-hybridized carbons (Fsp3) is 0.667. The van der Waals surface area contributed by atoms with Crippen molar-refractivity contribution in [2.45, 2.75) is 18.9 Å². The van der Waals surface area contributed by atoms with Crippen molar-refractivity contribution in [3.8, 4) is 0 Å². The predicted molar refractivity (Wildman–Crippen MR) is 56.9 cm³/mol. The molecule has 4 nitrogen and oxygen atoms in total. The molecule has 0 atom stereocenters. The Morgan fingerprint density at radius 3 is 2.57 bits per heavy atom. The minimum atomic E-state index is -0.477. The number of hydrogen-bond acceptors (Lipinski definition) is 4. The Balaban J connectivity index is 3.41. The quantitative estimate of drug-likeness (QED) is 0.202. The highest BCUT2D eigenvalue weighted by atomic mass is 28.2. The van der Waals surface area contributed by atoms with Gasteiger partial charge < -0.3 is 14.2 Å². The molecule has 0 saturated carbocycles. The third-order valence-electron chi connectivity index (χ3n) is 1.66. The average Bonchev–Trinajstić information content (AvgIpc) is 2.19. The standard InChI is InChI=1S/C9H18O4Si/c1-4-5-8(10)13-6-7-14-9(11-2)12-3/h4-5,9H,6-7,14H2,1-3H3. The topological polar surface area (TPSA) is 44.8 Å². The van der Waals surface area contributed by atoms with Crippen LogP contribution in [-0.4, -0.2) is 42.2 Å². The number of methoxy groups -OCH3 is 2. The number of carbonyl (C=O) groups is 1.